The molecule has 0 bridgehead atoms. The normalized spacial score (nSPS) is 25.4. The summed E-state index contributed by atoms with van der Waals surface area (Å²) >= 11 is 3.43. The number of carbonyl (C=O) groups excluding carboxylic acids is 1. The van der Waals surface area contributed by atoms with Gasteiger partial charge in [-0.2, -0.15) is 0 Å². The standard InChI is InChI=1S/C12H20BrNO2/c13-6-7-14(10-3-1-4-10)12(15)9-11-5-2-8-16-11/h10-11H,1-9H2. The van der Waals surface area contributed by atoms with Crippen LogP contribution >= 0.6 is 15.9 Å². The van der Waals surface area contributed by atoms with Crippen LogP contribution < -0.4 is 0 Å². The quantitative estimate of drug-likeness (QED) is 0.727. The second-order valence-electron chi connectivity index (χ2n) is 4.70. The number of hydrogen-bond acceptors (Lipinski definition) is 2. The molecule has 1 saturated heterocycles. The van der Waals surface area contributed by atoms with Gasteiger partial charge in [0.25, 0.3) is 0 Å². The van der Waals surface area contributed by atoms with Gasteiger partial charge in [0.05, 0.1) is 12.5 Å². The van der Waals surface area contributed by atoms with Gasteiger partial charge >= 0.3 is 0 Å². The van der Waals surface area contributed by atoms with Crippen LogP contribution in [0, 0.1) is 0 Å². The predicted octanol–water partition coefficient (Wildman–Crippen LogP) is 2.33. The first-order chi connectivity index (χ1) is 7.81. The van der Waals surface area contributed by atoms with E-state index in [1.807, 2.05) is 0 Å². The van der Waals surface area contributed by atoms with Crippen LogP contribution in [0.1, 0.15) is 38.5 Å². The number of ether oxygens (including phenoxy) is 1. The van der Waals surface area contributed by atoms with Crippen LogP contribution in [0.3, 0.4) is 0 Å². The highest BCUT2D eigenvalue weighted by Gasteiger charge is 2.30. The van der Waals surface area contributed by atoms with Crippen molar-refractivity contribution >= 4 is 21.8 Å². The molecule has 1 amide bonds. The summed E-state index contributed by atoms with van der Waals surface area (Å²) in [6.45, 7) is 1.68. The maximum atomic E-state index is 12.1. The van der Waals surface area contributed by atoms with E-state index < -0.39 is 0 Å². The van der Waals surface area contributed by atoms with Crippen LogP contribution in [-0.2, 0) is 9.53 Å². The maximum Gasteiger partial charge on any atom is 0.225 e. The van der Waals surface area contributed by atoms with Crippen LogP contribution in [0.25, 0.3) is 0 Å². The second-order valence-corrected chi connectivity index (χ2v) is 5.49. The largest absolute Gasteiger partial charge is 0.378 e. The molecule has 2 fully saturated rings. The number of hydrogen-bond donors (Lipinski definition) is 0. The Hall–Kier alpha value is -0.0900. The van der Waals surface area contributed by atoms with Crippen LogP contribution in [0.2, 0.25) is 0 Å². The smallest absolute Gasteiger partial charge is 0.225 e. The Morgan fingerprint density at radius 2 is 2.12 bits per heavy atom. The molecule has 0 spiro atoms. The second kappa shape index (κ2) is 6.01. The van der Waals surface area contributed by atoms with Crippen molar-refractivity contribution in [2.45, 2.75) is 50.7 Å². The number of halogens is 1. The highest BCUT2D eigenvalue weighted by atomic mass is 79.9. The molecule has 0 aromatic carbocycles. The van der Waals surface area contributed by atoms with Crippen molar-refractivity contribution in [3.63, 3.8) is 0 Å². The average Bonchev–Trinajstić information content (AvgIpc) is 2.67. The fraction of sp³-hybridized carbons (Fsp3) is 0.917. The van der Waals surface area contributed by atoms with Gasteiger partial charge in [-0.25, -0.2) is 0 Å². The molecule has 16 heavy (non-hydrogen) atoms. The van der Waals surface area contributed by atoms with Gasteiger partial charge in [-0.05, 0) is 32.1 Å². The minimum Gasteiger partial charge on any atom is -0.378 e. The van der Waals surface area contributed by atoms with Gasteiger partial charge in [-0.3, -0.25) is 4.79 Å². The van der Waals surface area contributed by atoms with E-state index in [0.29, 0.717) is 12.5 Å². The first-order valence-electron chi connectivity index (χ1n) is 6.28. The van der Waals surface area contributed by atoms with Crippen LogP contribution in [0.5, 0.6) is 0 Å². The number of amides is 1. The summed E-state index contributed by atoms with van der Waals surface area (Å²) < 4.78 is 5.52. The topological polar surface area (TPSA) is 29.5 Å². The molecule has 1 atom stereocenters. The molecular weight excluding hydrogens is 270 g/mol. The molecule has 2 aliphatic rings. The van der Waals surface area contributed by atoms with Gasteiger partial charge in [-0.1, -0.05) is 15.9 Å². The minimum absolute atomic E-state index is 0.186. The summed E-state index contributed by atoms with van der Waals surface area (Å²) in [6.07, 6.45) is 6.58. The molecule has 1 aliphatic heterocycles. The molecule has 1 aliphatic carbocycles. The fourth-order valence-electron chi connectivity index (χ4n) is 2.42. The Morgan fingerprint density at radius 1 is 1.31 bits per heavy atom. The number of rotatable bonds is 5. The van der Waals surface area contributed by atoms with Crippen molar-refractivity contribution < 1.29 is 9.53 Å². The molecule has 0 N–H and O–H groups in total. The van der Waals surface area contributed by atoms with E-state index in [1.54, 1.807) is 0 Å². The Kier molecular flexibility index (Phi) is 4.65. The summed E-state index contributed by atoms with van der Waals surface area (Å²) in [6, 6.07) is 0.506. The van der Waals surface area contributed by atoms with Crippen molar-refractivity contribution in [1.82, 2.24) is 4.90 Å². The molecule has 1 saturated carbocycles. The first kappa shape index (κ1) is 12.4. The SMILES string of the molecule is O=C(CC1CCCO1)N(CCBr)C1CCC1. The Bertz CT molecular complexity index is 237. The van der Waals surface area contributed by atoms with E-state index in [4.69, 9.17) is 4.74 Å². The zero-order chi connectivity index (χ0) is 11.4. The summed E-state index contributed by atoms with van der Waals surface area (Å²) in [4.78, 5) is 14.2. The van der Waals surface area contributed by atoms with Crippen molar-refractivity contribution in [2.24, 2.45) is 0 Å². The third-order valence-corrected chi connectivity index (χ3v) is 3.94. The van der Waals surface area contributed by atoms with E-state index in [9.17, 15) is 4.79 Å². The van der Waals surface area contributed by atoms with E-state index in [0.717, 1.165) is 31.3 Å². The van der Waals surface area contributed by atoms with Crippen LogP contribution in [0.15, 0.2) is 0 Å². The van der Waals surface area contributed by atoms with E-state index >= 15 is 0 Å². The van der Waals surface area contributed by atoms with Crippen LogP contribution in [0.4, 0.5) is 0 Å². The Morgan fingerprint density at radius 3 is 2.62 bits per heavy atom. The lowest BCUT2D eigenvalue weighted by atomic mass is 9.91. The summed E-state index contributed by atoms with van der Waals surface area (Å²) in [7, 11) is 0. The Labute approximate surface area is 106 Å². The number of nitrogens with zero attached hydrogens (tertiary/aromatic N) is 1. The molecule has 0 aromatic rings. The lowest BCUT2D eigenvalue weighted by Gasteiger charge is -2.37. The van der Waals surface area contributed by atoms with Crippen LogP contribution in [-0.4, -0.2) is 41.4 Å². The maximum absolute atomic E-state index is 12.1. The van der Waals surface area contributed by atoms with Gasteiger partial charge in [0, 0.05) is 24.5 Å². The fourth-order valence-corrected chi connectivity index (χ4v) is 2.80. The molecule has 2 rings (SSSR count). The molecular formula is C12H20BrNO2. The lowest BCUT2D eigenvalue weighted by Crippen LogP contribution is -2.46. The number of alkyl halides is 1. The zero-order valence-corrected chi connectivity index (χ0v) is 11.2. The lowest BCUT2D eigenvalue weighted by molar-refractivity contribution is -0.137. The molecule has 3 nitrogen and oxygen atoms in total. The Balaban J connectivity index is 1.82. The van der Waals surface area contributed by atoms with Crippen molar-refractivity contribution in [1.29, 1.82) is 0 Å². The van der Waals surface area contributed by atoms with E-state index in [1.165, 1.54) is 19.3 Å². The van der Waals surface area contributed by atoms with Crippen molar-refractivity contribution in [3.05, 3.63) is 0 Å². The van der Waals surface area contributed by atoms with E-state index in [-0.39, 0.29) is 12.0 Å². The van der Waals surface area contributed by atoms with Gasteiger partial charge in [0.1, 0.15) is 0 Å². The highest BCUT2D eigenvalue weighted by Crippen LogP contribution is 2.26. The molecule has 92 valence electrons. The summed E-state index contributed by atoms with van der Waals surface area (Å²) in [5.74, 6) is 0.288. The third-order valence-electron chi connectivity index (χ3n) is 3.59. The third kappa shape index (κ3) is 2.98. The summed E-state index contributed by atoms with van der Waals surface area (Å²) in [5.41, 5.74) is 0. The first-order valence-corrected chi connectivity index (χ1v) is 7.40. The molecule has 4 heteroatoms. The van der Waals surface area contributed by atoms with Gasteiger partial charge < -0.3 is 9.64 Å². The van der Waals surface area contributed by atoms with Gasteiger partial charge in [-0.15, -0.1) is 0 Å². The van der Waals surface area contributed by atoms with E-state index in [2.05, 4.69) is 20.8 Å². The highest BCUT2D eigenvalue weighted by molar-refractivity contribution is 9.09. The molecule has 0 radical (unpaired) electrons. The van der Waals surface area contributed by atoms with Gasteiger partial charge in [0.2, 0.25) is 5.91 Å². The average molecular weight is 290 g/mol. The minimum atomic E-state index is 0.186. The molecule has 1 heterocycles. The zero-order valence-electron chi connectivity index (χ0n) is 9.66. The monoisotopic (exact) mass is 289 g/mol. The summed E-state index contributed by atoms with van der Waals surface area (Å²) in [5, 5.41) is 0.876. The van der Waals surface area contributed by atoms with Crippen molar-refractivity contribution in [2.75, 3.05) is 18.5 Å². The molecule has 0 aromatic heterocycles. The molecule has 1 unspecified atom stereocenters. The number of carbonyl (C=O) groups is 1. The predicted molar refractivity (Wildman–Crippen MR) is 66.7 cm³/mol. The van der Waals surface area contributed by atoms with Gasteiger partial charge in [0.15, 0.2) is 0 Å². The van der Waals surface area contributed by atoms with Crippen molar-refractivity contribution in [3.8, 4) is 0 Å².